The smallest absolute Gasteiger partial charge is 0.328 e. The van der Waals surface area contributed by atoms with Gasteiger partial charge in [0.2, 0.25) is 0 Å². The van der Waals surface area contributed by atoms with Gasteiger partial charge in [0, 0.05) is 12.6 Å². The Kier molecular flexibility index (Phi) is 6.65. The van der Waals surface area contributed by atoms with Crippen LogP contribution in [0.15, 0.2) is 54.7 Å². The molecule has 2 aromatic rings. The molecular weight excluding hydrogens is 322 g/mol. The van der Waals surface area contributed by atoms with Crippen molar-refractivity contribution in [1.29, 1.82) is 0 Å². The van der Waals surface area contributed by atoms with Crippen molar-refractivity contribution in [2.75, 3.05) is 7.11 Å². The van der Waals surface area contributed by atoms with Gasteiger partial charge in [-0.15, -0.1) is 0 Å². The number of rotatable bonds is 6. The van der Waals surface area contributed by atoms with E-state index in [4.69, 9.17) is 4.74 Å². The Bertz CT molecular complexity index is 720. The molecule has 1 aromatic carbocycles. The van der Waals surface area contributed by atoms with Gasteiger partial charge >= 0.3 is 17.8 Å². The number of carbonyl (C=O) groups is 3. The molecule has 0 fully saturated rings. The second kappa shape index (κ2) is 9.17. The number of benzene rings is 1. The molecule has 7 nitrogen and oxygen atoms in total. The van der Waals surface area contributed by atoms with Crippen LogP contribution in [0.25, 0.3) is 0 Å². The Labute approximate surface area is 145 Å². The summed E-state index contributed by atoms with van der Waals surface area (Å²) in [5.41, 5.74) is 1.46. The van der Waals surface area contributed by atoms with Crippen LogP contribution < -0.4 is 10.6 Å². The van der Waals surface area contributed by atoms with Gasteiger partial charge in [0.05, 0.1) is 19.3 Å². The fourth-order valence-corrected chi connectivity index (χ4v) is 2.16. The van der Waals surface area contributed by atoms with Crippen molar-refractivity contribution in [3.05, 3.63) is 66.0 Å². The number of hydrogen-bond acceptors (Lipinski definition) is 5. The quantitative estimate of drug-likeness (QED) is 0.592. The summed E-state index contributed by atoms with van der Waals surface area (Å²) < 4.78 is 4.70. The van der Waals surface area contributed by atoms with Crippen molar-refractivity contribution in [2.24, 2.45) is 0 Å². The molecule has 0 unspecified atom stereocenters. The minimum Gasteiger partial charge on any atom is -0.467 e. The molecule has 2 rings (SSSR count). The standard InChI is InChI=1S/C18H19N3O4/c1-25-18(24)15(11-13-7-3-2-4-8-13)21-17(23)16(22)20-12-14-9-5-6-10-19-14/h2-10,15H,11-12H2,1H3,(H,20,22)(H,21,23)/t15-/m0/s1. The van der Waals surface area contributed by atoms with Crippen molar-refractivity contribution in [1.82, 2.24) is 15.6 Å². The summed E-state index contributed by atoms with van der Waals surface area (Å²) in [5, 5.41) is 4.87. The highest BCUT2D eigenvalue weighted by Gasteiger charge is 2.25. The molecule has 25 heavy (non-hydrogen) atoms. The number of carbonyl (C=O) groups excluding carboxylic acids is 3. The van der Waals surface area contributed by atoms with Gasteiger partial charge in [0.15, 0.2) is 0 Å². The average Bonchev–Trinajstić information content (AvgIpc) is 2.66. The lowest BCUT2D eigenvalue weighted by Crippen LogP contribution is -2.48. The summed E-state index contributed by atoms with van der Waals surface area (Å²) in [5.74, 6) is -2.36. The normalized spacial score (nSPS) is 11.2. The zero-order chi connectivity index (χ0) is 18.1. The van der Waals surface area contributed by atoms with E-state index in [0.29, 0.717) is 5.69 Å². The van der Waals surface area contributed by atoms with Crippen molar-refractivity contribution < 1.29 is 19.1 Å². The molecule has 1 heterocycles. The van der Waals surface area contributed by atoms with Crippen LogP contribution in [0, 0.1) is 0 Å². The third-order valence-corrected chi connectivity index (χ3v) is 3.44. The van der Waals surface area contributed by atoms with E-state index >= 15 is 0 Å². The molecule has 1 aromatic heterocycles. The first-order valence-corrected chi connectivity index (χ1v) is 7.70. The first kappa shape index (κ1) is 18.1. The molecule has 0 radical (unpaired) electrons. The van der Waals surface area contributed by atoms with Crippen LogP contribution in [0.4, 0.5) is 0 Å². The Hall–Kier alpha value is -3.22. The Morgan fingerprint density at radius 3 is 2.40 bits per heavy atom. The number of hydrogen-bond donors (Lipinski definition) is 2. The van der Waals surface area contributed by atoms with E-state index in [1.807, 2.05) is 30.3 Å². The number of amides is 2. The van der Waals surface area contributed by atoms with Gasteiger partial charge < -0.3 is 15.4 Å². The number of ether oxygens (including phenoxy) is 1. The predicted octanol–water partition coefficient (Wildman–Crippen LogP) is 0.598. The minimum atomic E-state index is -0.944. The molecule has 0 aliphatic rings. The van der Waals surface area contributed by atoms with Crippen molar-refractivity contribution in [3.63, 3.8) is 0 Å². The van der Waals surface area contributed by atoms with E-state index in [1.165, 1.54) is 7.11 Å². The summed E-state index contributed by atoms with van der Waals surface area (Å²) in [6, 6.07) is 13.5. The highest BCUT2D eigenvalue weighted by molar-refractivity contribution is 6.35. The minimum absolute atomic E-state index is 0.120. The third-order valence-electron chi connectivity index (χ3n) is 3.44. The highest BCUT2D eigenvalue weighted by atomic mass is 16.5. The number of methoxy groups -OCH3 is 1. The van der Waals surface area contributed by atoms with Gasteiger partial charge in [-0.25, -0.2) is 4.79 Å². The number of nitrogens with one attached hydrogen (secondary N) is 2. The van der Waals surface area contributed by atoms with E-state index in [1.54, 1.807) is 24.4 Å². The van der Waals surface area contributed by atoms with Crippen molar-refractivity contribution >= 4 is 17.8 Å². The molecule has 0 saturated carbocycles. The van der Waals surface area contributed by atoms with E-state index in [9.17, 15) is 14.4 Å². The van der Waals surface area contributed by atoms with Crippen LogP contribution >= 0.6 is 0 Å². The fraction of sp³-hybridized carbons (Fsp3) is 0.222. The largest absolute Gasteiger partial charge is 0.467 e. The topological polar surface area (TPSA) is 97.4 Å². The second-order valence-electron chi connectivity index (χ2n) is 5.24. The van der Waals surface area contributed by atoms with Crippen LogP contribution in [0.3, 0.4) is 0 Å². The maximum atomic E-state index is 12.0. The lowest BCUT2D eigenvalue weighted by Gasteiger charge is -2.16. The van der Waals surface area contributed by atoms with Crippen molar-refractivity contribution in [3.8, 4) is 0 Å². The molecule has 0 saturated heterocycles. The van der Waals surface area contributed by atoms with Gasteiger partial charge in [-0.05, 0) is 17.7 Å². The number of nitrogens with zero attached hydrogens (tertiary/aromatic N) is 1. The molecule has 2 amide bonds. The Morgan fingerprint density at radius 1 is 1.04 bits per heavy atom. The maximum absolute atomic E-state index is 12.0. The molecule has 2 N–H and O–H groups in total. The van der Waals surface area contributed by atoms with E-state index in [0.717, 1.165) is 5.56 Å². The lowest BCUT2D eigenvalue weighted by atomic mass is 10.1. The van der Waals surface area contributed by atoms with E-state index in [-0.39, 0.29) is 13.0 Å². The van der Waals surface area contributed by atoms with E-state index in [2.05, 4.69) is 15.6 Å². The van der Waals surface area contributed by atoms with Gasteiger partial charge in [0.25, 0.3) is 0 Å². The van der Waals surface area contributed by atoms with E-state index < -0.39 is 23.8 Å². The molecule has 0 aliphatic heterocycles. The maximum Gasteiger partial charge on any atom is 0.328 e. The molecular formula is C18H19N3O4. The molecule has 1 atom stereocenters. The van der Waals surface area contributed by atoms with Gasteiger partial charge in [-0.3, -0.25) is 14.6 Å². The summed E-state index contributed by atoms with van der Waals surface area (Å²) in [6.45, 7) is 0.120. The molecule has 130 valence electrons. The van der Waals surface area contributed by atoms with Crippen LogP contribution in [0.2, 0.25) is 0 Å². The van der Waals surface area contributed by atoms with Gasteiger partial charge in [-0.2, -0.15) is 0 Å². The fourth-order valence-electron chi connectivity index (χ4n) is 2.16. The Morgan fingerprint density at radius 2 is 1.76 bits per heavy atom. The zero-order valence-electron chi connectivity index (χ0n) is 13.8. The average molecular weight is 341 g/mol. The summed E-state index contributed by atoms with van der Waals surface area (Å²) in [4.78, 5) is 39.9. The number of aromatic nitrogens is 1. The molecule has 0 bridgehead atoms. The van der Waals surface area contributed by atoms with Crippen LogP contribution in [-0.4, -0.2) is 35.9 Å². The molecule has 0 aliphatic carbocycles. The summed E-state index contributed by atoms with van der Waals surface area (Å²) in [7, 11) is 1.23. The molecule has 7 heteroatoms. The third kappa shape index (κ3) is 5.72. The second-order valence-corrected chi connectivity index (χ2v) is 5.24. The first-order valence-electron chi connectivity index (χ1n) is 7.70. The monoisotopic (exact) mass is 341 g/mol. The lowest BCUT2D eigenvalue weighted by molar-refractivity contribution is -0.147. The SMILES string of the molecule is COC(=O)[C@H](Cc1ccccc1)NC(=O)C(=O)NCc1ccccn1. The van der Waals surface area contributed by atoms with Crippen LogP contribution in [-0.2, 0) is 32.1 Å². The summed E-state index contributed by atoms with van der Waals surface area (Å²) >= 11 is 0. The van der Waals surface area contributed by atoms with Gasteiger partial charge in [-0.1, -0.05) is 36.4 Å². The van der Waals surface area contributed by atoms with Crippen molar-refractivity contribution in [2.45, 2.75) is 19.0 Å². The van der Waals surface area contributed by atoms with Crippen LogP contribution in [0.1, 0.15) is 11.3 Å². The molecule has 0 spiro atoms. The van der Waals surface area contributed by atoms with Crippen LogP contribution in [0.5, 0.6) is 0 Å². The highest BCUT2D eigenvalue weighted by Crippen LogP contribution is 2.04. The van der Waals surface area contributed by atoms with Gasteiger partial charge in [0.1, 0.15) is 6.04 Å². The zero-order valence-corrected chi connectivity index (χ0v) is 13.8. The Balaban J connectivity index is 1.93. The predicted molar refractivity (Wildman–Crippen MR) is 90.2 cm³/mol. The first-order chi connectivity index (χ1) is 12.1. The summed E-state index contributed by atoms with van der Waals surface area (Å²) in [6.07, 6.45) is 1.82. The number of pyridine rings is 1. The number of esters is 1.